The second-order valence-corrected chi connectivity index (χ2v) is 4.48. The average molecular weight is 230 g/mol. The van der Waals surface area contributed by atoms with E-state index in [-0.39, 0.29) is 17.9 Å². The molecule has 0 aliphatic carbocycles. The van der Waals surface area contributed by atoms with Crippen molar-refractivity contribution in [2.24, 2.45) is 11.1 Å². The van der Waals surface area contributed by atoms with Gasteiger partial charge >= 0.3 is 0 Å². The van der Waals surface area contributed by atoms with Gasteiger partial charge in [0.1, 0.15) is 0 Å². The number of aliphatic hydroxyl groups is 1. The second-order valence-electron chi connectivity index (χ2n) is 4.48. The molecule has 0 fully saturated rings. The molecule has 16 heavy (non-hydrogen) atoms. The number of nitrogens with one attached hydrogen (secondary N) is 1. The molecule has 0 aromatic heterocycles. The third-order valence-corrected chi connectivity index (χ3v) is 3.41. The molecule has 0 aliphatic heterocycles. The van der Waals surface area contributed by atoms with E-state index in [4.69, 9.17) is 5.73 Å². The Morgan fingerprint density at radius 2 is 1.94 bits per heavy atom. The standard InChI is InChI=1S/C12H26N2O2/c1-4-7-10(13)11(16)14-8-12(5-2,6-3)9-15/h10,15H,4-9,13H2,1-3H3,(H,14,16). The van der Waals surface area contributed by atoms with E-state index in [1.54, 1.807) is 0 Å². The van der Waals surface area contributed by atoms with Crippen molar-refractivity contribution in [1.82, 2.24) is 5.32 Å². The van der Waals surface area contributed by atoms with Crippen molar-refractivity contribution in [3.63, 3.8) is 0 Å². The van der Waals surface area contributed by atoms with E-state index in [2.05, 4.69) is 5.32 Å². The highest BCUT2D eigenvalue weighted by Crippen LogP contribution is 2.24. The van der Waals surface area contributed by atoms with Crippen molar-refractivity contribution < 1.29 is 9.90 Å². The molecule has 0 aliphatic rings. The largest absolute Gasteiger partial charge is 0.396 e. The molecule has 0 radical (unpaired) electrons. The van der Waals surface area contributed by atoms with Gasteiger partial charge in [-0.1, -0.05) is 27.2 Å². The van der Waals surface area contributed by atoms with Gasteiger partial charge in [-0.25, -0.2) is 0 Å². The van der Waals surface area contributed by atoms with Crippen LogP contribution < -0.4 is 11.1 Å². The molecule has 0 spiro atoms. The van der Waals surface area contributed by atoms with E-state index in [9.17, 15) is 9.90 Å². The van der Waals surface area contributed by atoms with Gasteiger partial charge in [0, 0.05) is 12.0 Å². The Morgan fingerprint density at radius 3 is 2.31 bits per heavy atom. The van der Waals surface area contributed by atoms with E-state index in [1.807, 2.05) is 20.8 Å². The SMILES string of the molecule is CCCC(N)C(=O)NCC(CC)(CC)CO. The van der Waals surface area contributed by atoms with E-state index >= 15 is 0 Å². The molecule has 0 rings (SSSR count). The quantitative estimate of drug-likeness (QED) is 0.583. The monoisotopic (exact) mass is 230 g/mol. The first-order valence-electron chi connectivity index (χ1n) is 6.19. The van der Waals surface area contributed by atoms with Crippen LogP contribution in [0.4, 0.5) is 0 Å². The average Bonchev–Trinajstić information content (AvgIpc) is 2.31. The Kier molecular flexibility index (Phi) is 7.34. The zero-order chi connectivity index (χ0) is 12.6. The fraction of sp³-hybridized carbons (Fsp3) is 0.917. The number of nitrogens with two attached hydrogens (primary N) is 1. The fourth-order valence-corrected chi connectivity index (χ4v) is 1.63. The van der Waals surface area contributed by atoms with Gasteiger partial charge < -0.3 is 16.2 Å². The Morgan fingerprint density at radius 1 is 1.38 bits per heavy atom. The topological polar surface area (TPSA) is 75.4 Å². The zero-order valence-electron chi connectivity index (χ0n) is 10.8. The van der Waals surface area contributed by atoms with E-state index in [1.165, 1.54) is 0 Å². The van der Waals surface area contributed by atoms with Crippen molar-refractivity contribution in [3.8, 4) is 0 Å². The maximum atomic E-state index is 11.6. The number of carbonyl (C=O) groups excluding carboxylic acids is 1. The number of aliphatic hydroxyl groups excluding tert-OH is 1. The highest BCUT2D eigenvalue weighted by molar-refractivity contribution is 5.81. The van der Waals surface area contributed by atoms with Gasteiger partial charge in [0.05, 0.1) is 12.6 Å². The lowest BCUT2D eigenvalue weighted by molar-refractivity contribution is -0.123. The summed E-state index contributed by atoms with van der Waals surface area (Å²) in [4.78, 5) is 11.6. The van der Waals surface area contributed by atoms with Gasteiger partial charge in [-0.15, -0.1) is 0 Å². The van der Waals surface area contributed by atoms with Crippen LogP contribution in [-0.2, 0) is 4.79 Å². The molecule has 0 aromatic carbocycles. The predicted molar refractivity (Wildman–Crippen MR) is 66.0 cm³/mol. The van der Waals surface area contributed by atoms with Crippen molar-refractivity contribution in [2.45, 2.75) is 52.5 Å². The summed E-state index contributed by atoms with van der Waals surface area (Å²) < 4.78 is 0. The van der Waals surface area contributed by atoms with E-state index < -0.39 is 6.04 Å². The van der Waals surface area contributed by atoms with Crippen LogP contribution in [0.15, 0.2) is 0 Å². The summed E-state index contributed by atoms with van der Waals surface area (Å²) in [6.45, 7) is 6.66. The third kappa shape index (κ3) is 4.49. The molecule has 4 N–H and O–H groups in total. The van der Waals surface area contributed by atoms with Gasteiger partial charge in [0.25, 0.3) is 0 Å². The van der Waals surface area contributed by atoms with Gasteiger partial charge in [-0.05, 0) is 19.3 Å². The molecule has 0 bridgehead atoms. The molecule has 4 nitrogen and oxygen atoms in total. The number of rotatable bonds is 8. The molecular weight excluding hydrogens is 204 g/mol. The predicted octanol–water partition coefficient (Wildman–Crippen LogP) is 1.03. The van der Waals surface area contributed by atoms with Crippen LogP contribution in [0.2, 0.25) is 0 Å². The Labute approximate surface area is 98.6 Å². The van der Waals surface area contributed by atoms with E-state index in [0.29, 0.717) is 13.0 Å². The third-order valence-electron chi connectivity index (χ3n) is 3.41. The van der Waals surface area contributed by atoms with Crippen molar-refractivity contribution >= 4 is 5.91 Å². The van der Waals surface area contributed by atoms with Crippen LogP contribution in [0.3, 0.4) is 0 Å². The van der Waals surface area contributed by atoms with Crippen LogP contribution in [0.1, 0.15) is 46.5 Å². The summed E-state index contributed by atoms with van der Waals surface area (Å²) in [5.74, 6) is -0.110. The number of amides is 1. The van der Waals surface area contributed by atoms with Gasteiger partial charge in [0.2, 0.25) is 5.91 Å². The molecule has 0 saturated carbocycles. The minimum Gasteiger partial charge on any atom is -0.396 e. The molecule has 4 heteroatoms. The second kappa shape index (κ2) is 7.63. The molecule has 0 saturated heterocycles. The lowest BCUT2D eigenvalue weighted by Crippen LogP contribution is -2.46. The Hall–Kier alpha value is -0.610. The molecular formula is C12H26N2O2. The number of hydrogen-bond acceptors (Lipinski definition) is 3. The zero-order valence-corrected chi connectivity index (χ0v) is 10.8. The molecule has 0 aromatic rings. The normalized spacial score (nSPS) is 13.6. The molecule has 0 heterocycles. The first kappa shape index (κ1) is 15.4. The molecule has 96 valence electrons. The van der Waals surface area contributed by atoms with Crippen LogP contribution >= 0.6 is 0 Å². The molecule has 1 amide bonds. The molecule has 1 atom stereocenters. The highest BCUT2D eigenvalue weighted by Gasteiger charge is 2.26. The van der Waals surface area contributed by atoms with Crippen LogP contribution in [0, 0.1) is 5.41 Å². The minimum atomic E-state index is -0.421. The summed E-state index contributed by atoms with van der Waals surface area (Å²) in [6, 6.07) is -0.421. The lowest BCUT2D eigenvalue weighted by Gasteiger charge is -2.30. The number of hydrogen-bond donors (Lipinski definition) is 3. The first-order chi connectivity index (χ1) is 7.55. The smallest absolute Gasteiger partial charge is 0.236 e. The molecule has 1 unspecified atom stereocenters. The Bertz CT molecular complexity index is 195. The van der Waals surface area contributed by atoms with Crippen LogP contribution in [-0.4, -0.2) is 30.2 Å². The first-order valence-corrected chi connectivity index (χ1v) is 6.19. The maximum Gasteiger partial charge on any atom is 0.236 e. The van der Waals surface area contributed by atoms with Crippen molar-refractivity contribution in [3.05, 3.63) is 0 Å². The number of carbonyl (C=O) groups is 1. The van der Waals surface area contributed by atoms with Gasteiger partial charge in [-0.2, -0.15) is 0 Å². The summed E-state index contributed by atoms with van der Waals surface area (Å²) in [6.07, 6.45) is 3.31. The van der Waals surface area contributed by atoms with Crippen LogP contribution in [0.25, 0.3) is 0 Å². The van der Waals surface area contributed by atoms with Gasteiger partial charge in [0.15, 0.2) is 0 Å². The summed E-state index contributed by atoms with van der Waals surface area (Å²) in [5, 5.41) is 12.2. The summed E-state index contributed by atoms with van der Waals surface area (Å²) >= 11 is 0. The Balaban J connectivity index is 4.15. The van der Waals surface area contributed by atoms with Crippen molar-refractivity contribution in [2.75, 3.05) is 13.2 Å². The van der Waals surface area contributed by atoms with E-state index in [0.717, 1.165) is 19.3 Å². The maximum absolute atomic E-state index is 11.6. The van der Waals surface area contributed by atoms with Crippen molar-refractivity contribution in [1.29, 1.82) is 0 Å². The lowest BCUT2D eigenvalue weighted by atomic mass is 9.83. The fourth-order valence-electron chi connectivity index (χ4n) is 1.63. The summed E-state index contributed by atoms with van der Waals surface area (Å²) in [7, 11) is 0. The summed E-state index contributed by atoms with van der Waals surface area (Å²) in [5.41, 5.74) is 5.51. The minimum absolute atomic E-state index is 0.100. The highest BCUT2D eigenvalue weighted by atomic mass is 16.3. The van der Waals surface area contributed by atoms with Crippen LogP contribution in [0.5, 0.6) is 0 Å². The van der Waals surface area contributed by atoms with Gasteiger partial charge in [-0.3, -0.25) is 4.79 Å².